The van der Waals surface area contributed by atoms with Gasteiger partial charge in [0.2, 0.25) is 0 Å². The Bertz CT molecular complexity index is 1220. The molecule has 1 amide bonds. The van der Waals surface area contributed by atoms with Gasteiger partial charge in [-0.25, -0.2) is 10.5 Å². The molecule has 156 valence electrons. The molecule has 6 heteroatoms. The summed E-state index contributed by atoms with van der Waals surface area (Å²) in [5.41, 5.74) is 6.19. The predicted molar refractivity (Wildman–Crippen MR) is 120 cm³/mol. The van der Waals surface area contributed by atoms with Crippen LogP contribution in [0.15, 0.2) is 84.9 Å². The Morgan fingerprint density at radius 3 is 2.58 bits per heavy atom. The molecular formula is C25H23N3O3. The Kier molecular flexibility index (Phi) is 6.21. The molecule has 0 unspecified atom stereocenters. The van der Waals surface area contributed by atoms with E-state index < -0.39 is 5.91 Å². The van der Waals surface area contributed by atoms with E-state index in [0.29, 0.717) is 6.42 Å². The molecule has 4 rings (SSSR count). The number of rotatable bonds is 7. The quantitative estimate of drug-likeness (QED) is 0.243. The Morgan fingerprint density at radius 1 is 1.03 bits per heavy atom. The van der Waals surface area contributed by atoms with E-state index in [2.05, 4.69) is 16.7 Å². The number of carbonyl (C=O) groups is 1. The van der Waals surface area contributed by atoms with Gasteiger partial charge in [0.05, 0.1) is 23.7 Å². The van der Waals surface area contributed by atoms with Gasteiger partial charge in [0.1, 0.15) is 5.82 Å². The fraction of sp³-hybridized carbons (Fsp3) is 0.120. The number of aromatic nitrogens is 2. The van der Waals surface area contributed by atoms with Crippen LogP contribution in [0.4, 0.5) is 0 Å². The molecule has 0 saturated carbocycles. The first-order chi connectivity index (χ1) is 15.2. The molecule has 4 aromatic rings. The molecule has 0 aliphatic carbocycles. The van der Waals surface area contributed by atoms with Crippen molar-refractivity contribution in [3.63, 3.8) is 0 Å². The lowest BCUT2D eigenvalue weighted by Gasteiger charge is -2.20. The van der Waals surface area contributed by atoms with E-state index in [1.165, 1.54) is 6.08 Å². The van der Waals surface area contributed by atoms with E-state index in [1.54, 1.807) is 11.6 Å². The fourth-order valence-electron chi connectivity index (χ4n) is 3.73. The van der Waals surface area contributed by atoms with E-state index in [-0.39, 0.29) is 12.6 Å². The average molecular weight is 413 g/mol. The number of nitrogens with one attached hydrogen (secondary N) is 1. The van der Waals surface area contributed by atoms with Crippen molar-refractivity contribution < 1.29 is 15.1 Å². The summed E-state index contributed by atoms with van der Waals surface area (Å²) in [7, 11) is 0. The van der Waals surface area contributed by atoms with Crippen LogP contribution in [0.1, 0.15) is 17.2 Å². The van der Waals surface area contributed by atoms with Crippen LogP contribution in [-0.4, -0.2) is 32.4 Å². The van der Waals surface area contributed by atoms with Crippen molar-refractivity contribution in [2.45, 2.75) is 12.5 Å². The number of benzene rings is 3. The molecule has 31 heavy (non-hydrogen) atoms. The Balaban J connectivity index is 1.80. The highest BCUT2D eigenvalue weighted by molar-refractivity contribution is 5.91. The molecule has 0 fully saturated rings. The minimum absolute atomic E-state index is 0.0293. The van der Waals surface area contributed by atoms with E-state index in [1.807, 2.05) is 66.7 Å². The SMILES string of the molecule is O=C(/C=C/c1cccc(-c2nc3ccccc3n2[C@H](CO)Cc2ccccc2)c1)NO. The Labute approximate surface area is 180 Å². The van der Waals surface area contributed by atoms with Crippen LogP contribution in [0.2, 0.25) is 0 Å². The number of hydroxylamine groups is 1. The van der Waals surface area contributed by atoms with Gasteiger partial charge in [-0.15, -0.1) is 0 Å². The Morgan fingerprint density at radius 2 is 1.81 bits per heavy atom. The molecule has 0 saturated heterocycles. The lowest BCUT2D eigenvalue weighted by Crippen LogP contribution is -2.17. The standard InChI is InChI=1S/C25H23N3O3/c29-17-21(16-18-7-2-1-3-8-18)28-23-12-5-4-11-22(23)26-25(28)20-10-6-9-19(15-20)13-14-24(30)27-31/h1-15,21,29,31H,16-17H2,(H,27,30)/b14-13+/t21-/m0/s1. The van der Waals surface area contributed by atoms with E-state index >= 15 is 0 Å². The molecule has 6 nitrogen and oxygen atoms in total. The van der Waals surface area contributed by atoms with Crippen molar-refractivity contribution in [2.75, 3.05) is 6.61 Å². The van der Waals surface area contributed by atoms with Crippen LogP contribution in [0.25, 0.3) is 28.5 Å². The third-order valence-corrected chi connectivity index (χ3v) is 5.17. The number of nitrogens with zero attached hydrogens (tertiary/aromatic N) is 2. The first-order valence-corrected chi connectivity index (χ1v) is 10.0. The zero-order valence-electron chi connectivity index (χ0n) is 16.8. The second-order valence-electron chi connectivity index (χ2n) is 7.26. The molecule has 0 aliphatic heterocycles. The fourth-order valence-corrected chi connectivity index (χ4v) is 3.73. The van der Waals surface area contributed by atoms with Crippen LogP contribution in [0, 0.1) is 0 Å². The first-order valence-electron chi connectivity index (χ1n) is 10.0. The van der Waals surface area contributed by atoms with E-state index in [4.69, 9.17) is 10.2 Å². The lowest BCUT2D eigenvalue weighted by molar-refractivity contribution is -0.124. The summed E-state index contributed by atoms with van der Waals surface area (Å²) >= 11 is 0. The van der Waals surface area contributed by atoms with Gasteiger partial charge in [0.25, 0.3) is 5.91 Å². The number of hydrogen-bond acceptors (Lipinski definition) is 4. The van der Waals surface area contributed by atoms with Gasteiger partial charge in [-0.2, -0.15) is 0 Å². The summed E-state index contributed by atoms with van der Waals surface area (Å²) in [4.78, 5) is 16.2. The summed E-state index contributed by atoms with van der Waals surface area (Å²) in [5, 5.41) is 19.0. The molecule has 3 N–H and O–H groups in total. The molecule has 0 spiro atoms. The smallest absolute Gasteiger partial charge is 0.267 e. The maximum absolute atomic E-state index is 11.3. The van der Waals surface area contributed by atoms with Crippen LogP contribution in [0.5, 0.6) is 0 Å². The van der Waals surface area contributed by atoms with Crippen LogP contribution in [0.3, 0.4) is 0 Å². The van der Waals surface area contributed by atoms with E-state index in [0.717, 1.165) is 33.5 Å². The minimum Gasteiger partial charge on any atom is -0.394 e. The predicted octanol–water partition coefficient (Wildman–Crippen LogP) is 4.00. The summed E-state index contributed by atoms with van der Waals surface area (Å²) in [6, 6.07) is 25.4. The number of aliphatic hydroxyl groups is 1. The molecule has 1 heterocycles. The number of para-hydroxylation sites is 2. The van der Waals surface area contributed by atoms with Crippen LogP contribution >= 0.6 is 0 Å². The van der Waals surface area contributed by atoms with Crippen molar-refractivity contribution >= 4 is 23.0 Å². The second kappa shape index (κ2) is 9.38. The number of imidazole rings is 1. The maximum atomic E-state index is 11.3. The third kappa shape index (κ3) is 4.55. The van der Waals surface area contributed by atoms with Crippen molar-refractivity contribution in [3.8, 4) is 11.4 Å². The van der Waals surface area contributed by atoms with Gasteiger partial charge in [0.15, 0.2) is 0 Å². The largest absolute Gasteiger partial charge is 0.394 e. The number of hydrogen-bond donors (Lipinski definition) is 3. The van der Waals surface area contributed by atoms with Crippen LogP contribution < -0.4 is 5.48 Å². The summed E-state index contributed by atoms with van der Waals surface area (Å²) in [6.45, 7) is -0.0293. The zero-order valence-corrected chi connectivity index (χ0v) is 16.8. The van der Waals surface area contributed by atoms with E-state index in [9.17, 15) is 9.90 Å². The molecular weight excluding hydrogens is 390 g/mol. The van der Waals surface area contributed by atoms with Gasteiger partial charge in [-0.05, 0) is 41.8 Å². The third-order valence-electron chi connectivity index (χ3n) is 5.17. The highest BCUT2D eigenvalue weighted by atomic mass is 16.5. The van der Waals surface area contributed by atoms with Crippen LogP contribution in [-0.2, 0) is 11.2 Å². The normalized spacial score (nSPS) is 12.3. The zero-order chi connectivity index (χ0) is 21.6. The number of aliphatic hydroxyl groups excluding tert-OH is 1. The highest BCUT2D eigenvalue weighted by Gasteiger charge is 2.20. The summed E-state index contributed by atoms with van der Waals surface area (Å²) in [6.07, 6.45) is 3.55. The van der Waals surface area contributed by atoms with Crippen molar-refractivity contribution in [3.05, 3.63) is 96.1 Å². The van der Waals surface area contributed by atoms with Crippen molar-refractivity contribution in [2.24, 2.45) is 0 Å². The lowest BCUT2D eigenvalue weighted by atomic mass is 10.0. The second-order valence-corrected chi connectivity index (χ2v) is 7.26. The number of carbonyl (C=O) groups excluding carboxylic acids is 1. The molecule has 3 aromatic carbocycles. The molecule has 0 aliphatic rings. The van der Waals surface area contributed by atoms with Gasteiger partial charge < -0.3 is 9.67 Å². The molecule has 1 aromatic heterocycles. The first kappa shape index (κ1) is 20.5. The molecule has 0 bridgehead atoms. The molecule has 0 radical (unpaired) electrons. The number of amides is 1. The minimum atomic E-state index is -0.596. The van der Waals surface area contributed by atoms with Gasteiger partial charge >= 0.3 is 0 Å². The van der Waals surface area contributed by atoms with Gasteiger partial charge in [0, 0.05) is 11.6 Å². The summed E-state index contributed by atoms with van der Waals surface area (Å²) < 4.78 is 2.09. The topological polar surface area (TPSA) is 87.4 Å². The van der Waals surface area contributed by atoms with Gasteiger partial charge in [-0.1, -0.05) is 60.7 Å². The monoisotopic (exact) mass is 413 g/mol. The average Bonchev–Trinajstić information content (AvgIpc) is 3.21. The van der Waals surface area contributed by atoms with Gasteiger partial charge in [-0.3, -0.25) is 10.0 Å². The number of fused-ring (bicyclic) bond motifs is 1. The maximum Gasteiger partial charge on any atom is 0.267 e. The van der Waals surface area contributed by atoms with Crippen molar-refractivity contribution in [1.29, 1.82) is 0 Å². The molecule has 1 atom stereocenters. The Hall–Kier alpha value is -3.74. The summed E-state index contributed by atoms with van der Waals surface area (Å²) in [5.74, 6) is 0.152. The highest BCUT2D eigenvalue weighted by Crippen LogP contribution is 2.30. The van der Waals surface area contributed by atoms with Crippen molar-refractivity contribution in [1.82, 2.24) is 15.0 Å².